The number of nitrogens with zero attached hydrogens (tertiary/aromatic N) is 3. The van der Waals surface area contributed by atoms with Crippen molar-refractivity contribution in [1.29, 1.82) is 0 Å². The number of piperidine rings is 1. The average molecular weight is 726 g/mol. The van der Waals surface area contributed by atoms with Crippen LogP contribution in [0, 0.1) is 11.7 Å². The highest BCUT2D eigenvalue weighted by Crippen LogP contribution is 2.62. The smallest absolute Gasteiger partial charge is 0.343 e. The van der Waals surface area contributed by atoms with Gasteiger partial charge < -0.3 is 41.9 Å². The molecule has 2 aromatic rings. The number of halogens is 1. The normalized spacial score (nSPS) is 19.8. The lowest BCUT2D eigenvalue weighted by Gasteiger charge is -2.33. The first kappa shape index (κ1) is 38.3. The summed E-state index contributed by atoms with van der Waals surface area (Å²) in [6, 6.07) is 1.75. The fraction of sp³-hybridized carbons (Fsp3) is 0.714. The largest absolute Gasteiger partial charge is 0.492 e. The Kier molecular flexibility index (Phi) is 14.1. The number of carbonyl (C=O) groups is 1. The number of esters is 1. The summed E-state index contributed by atoms with van der Waals surface area (Å²) in [5.74, 6) is -0.401. The number of ether oxygens (including phenoxy) is 2. The summed E-state index contributed by atoms with van der Waals surface area (Å²) in [5, 5.41) is 0.0865. The molecule has 0 spiro atoms. The molecule has 0 N–H and O–H groups in total. The predicted octanol–water partition coefficient (Wildman–Crippen LogP) is 7.44. The highest BCUT2D eigenvalue weighted by Gasteiger charge is 2.40. The second kappa shape index (κ2) is 18.0. The van der Waals surface area contributed by atoms with Crippen molar-refractivity contribution in [3.63, 3.8) is 0 Å². The van der Waals surface area contributed by atoms with Crippen LogP contribution >= 0.6 is 16.8 Å². The van der Waals surface area contributed by atoms with Gasteiger partial charge in [-0.05, 0) is 98.2 Å². The van der Waals surface area contributed by atoms with Gasteiger partial charge in [-0.3, -0.25) is 4.79 Å². The van der Waals surface area contributed by atoms with Crippen LogP contribution in [0.2, 0.25) is 0 Å². The van der Waals surface area contributed by atoms with Crippen LogP contribution in [0.3, 0.4) is 0 Å². The Labute approximate surface area is 292 Å². The number of likely N-dealkylation sites (N-methyl/N-ethyl adjacent to an activating group) is 1. The quantitative estimate of drug-likeness (QED) is 0.0826. The van der Waals surface area contributed by atoms with Crippen LogP contribution in [-0.4, -0.2) is 93.7 Å². The van der Waals surface area contributed by atoms with E-state index in [1.54, 1.807) is 6.20 Å². The van der Waals surface area contributed by atoms with E-state index in [1.165, 1.54) is 13.2 Å². The van der Waals surface area contributed by atoms with Gasteiger partial charge in [0.2, 0.25) is 5.43 Å². The number of methoxy groups -OCH3 is 1. The van der Waals surface area contributed by atoms with Gasteiger partial charge in [-0.25, -0.2) is 9.18 Å². The van der Waals surface area contributed by atoms with E-state index in [0.29, 0.717) is 68.3 Å². The van der Waals surface area contributed by atoms with E-state index < -0.39 is 34.0 Å². The van der Waals surface area contributed by atoms with Gasteiger partial charge in [-0.15, -0.1) is 0 Å². The monoisotopic (exact) mass is 725 g/mol. The number of hydrogen-bond donors (Lipinski definition) is 0. The number of benzene rings is 1. The molecule has 0 bridgehead atoms. The number of carbonyl (C=O) groups excluding carboxylic acids is 1. The number of likely N-dealkylation sites (tertiary alicyclic amines) is 1. The molecule has 2 atom stereocenters. The first-order chi connectivity index (χ1) is 23.8. The molecule has 2 saturated heterocycles. The zero-order valence-electron chi connectivity index (χ0n) is 30.0. The minimum absolute atomic E-state index is 0.0491. The zero-order valence-corrected chi connectivity index (χ0v) is 31.7. The standard InChI is InChI=1S/C35H54FN3O8P2/c1-7-44-48(45-8-2)30(49(46-9-3)47-10-4)15-11-12-19-43-35(41)27-22-39(25-16-17-25)31-26(33(27)40)20-28(36)32(34(31)42-6)38-21-24-14-13-18-37(5)29(24)23-38/h20,22,24-25,29-30H,7-19,21,23H2,1-6H3. The number of aromatic nitrogens is 1. The molecule has 49 heavy (non-hydrogen) atoms. The van der Waals surface area contributed by atoms with Gasteiger partial charge >= 0.3 is 5.97 Å². The lowest BCUT2D eigenvalue weighted by molar-refractivity contribution is 0.0495. The first-order valence-electron chi connectivity index (χ1n) is 17.9. The fourth-order valence-corrected chi connectivity index (χ4v) is 11.3. The number of unbranched alkanes of at least 4 members (excludes halogenated alkanes) is 1. The molecule has 11 nitrogen and oxygen atoms in total. The van der Waals surface area contributed by atoms with E-state index in [1.807, 2.05) is 32.3 Å². The van der Waals surface area contributed by atoms with E-state index in [0.717, 1.165) is 51.6 Å². The summed E-state index contributed by atoms with van der Waals surface area (Å²) in [4.78, 5) is 31.7. The number of rotatable bonds is 19. The minimum Gasteiger partial charge on any atom is -0.492 e. The second-order valence-corrected chi connectivity index (χ2v) is 16.7. The van der Waals surface area contributed by atoms with Gasteiger partial charge in [0.15, 0.2) is 28.3 Å². The van der Waals surface area contributed by atoms with Crippen LogP contribution < -0.4 is 15.1 Å². The molecule has 3 fully saturated rings. The maximum absolute atomic E-state index is 16.1. The van der Waals surface area contributed by atoms with Crippen LogP contribution in [0.15, 0.2) is 17.1 Å². The van der Waals surface area contributed by atoms with Crippen molar-refractivity contribution in [3.05, 3.63) is 33.9 Å². The minimum atomic E-state index is -1.22. The number of hydrogen-bond acceptors (Lipinski definition) is 10. The average Bonchev–Trinajstić information content (AvgIpc) is 3.84. The first-order valence-corrected chi connectivity index (χ1v) is 20.4. The maximum atomic E-state index is 16.1. The highest BCUT2D eigenvalue weighted by atomic mass is 31.2. The number of anilines is 1. The summed E-state index contributed by atoms with van der Waals surface area (Å²) in [5.41, 5.74) is 0.300. The Bertz CT molecular complexity index is 1450. The number of pyridine rings is 1. The van der Waals surface area contributed by atoms with E-state index in [-0.39, 0.29) is 29.0 Å². The molecule has 1 aliphatic carbocycles. The van der Waals surface area contributed by atoms with Gasteiger partial charge in [-0.2, -0.15) is 0 Å². The molecule has 3 heterocycles. The van der Waals surface area contributed by atoms with Gasteiger partial charge in [0, 0.05) is 31.4 Å². The molecule has 274 valence electrons. The van der Waals surface area contributed by atoms with Crippen LogP contribution in [0.1, 0.15) is 89.0 Å². The van der Waals surface area contributed by atoms with E-state index in [2.05, 4.69) is 16.8 Å². The summed E-state index contributed by atoms with van der Waals surface area (Å²) in [7, 11) is 1.23. The summed E-state index contributed by atoms with van der Waals surface area (Å²) in [6.45, 7) is 12.5. The third-order valence-electron chi connectivity index (χ3n) is 9.54. The fourth-order valence-electron chi connectivity index (χ4n) is 7.19. The molecule has 3 aliphatic rings. The lowest BCUT2D eigenvalue weighted by Crippen LogP contribution is -2.42. The van der Waals surface area contributed by atoms with Crippen LogP contribution in [-0.2, 0) is 22.8 Å². The molecule has 1 aromatic carbocycles. The SMILES string of the molecule is CCOP(OCC)C(CCCCOC(=O)c1cn(C2CC2)c2c(OC)c(N3CC4CCCN(C)C4C3)c(F)cc2c1=O)P(OCC)OCC. The van der Waals surface area contributed by atoms with E-state index >= 15 is 4.39 Å². The molecule has 5 rings (SSSR count). The van der Waals surface area contributed by atoms with Crippen molar-refractivity contribution in [2.45, 2.75) is 90.1 Å². The molecular formula is C35H54FN3O8P2. The summed E-state index contributed by atoms with van der Waals surface area (Å²) in [6.07, 6.45) is 7.67. The number of fused-ring (bicyclic) bond motifs is 2. The molecule has 2 unspecified atom stereocenters. The molecule has 0 radical (unpaired) electrons. The Balaban J connectivity index is 1.32. The van der Waals surface area contributed by atoms with Crippen LogP contribution in [0.5, 0.6) is 5.75 Å². The van der Waals surface area contributed by atoms with Gasteiger partial charge in [0.05, 0.1) is 56.4 Å². The van der Waals surface area contributed by atoms with Crippen molar-refractivity contribution in [2.24, 2.45) is 5.92 Å². The molecule has 1 saturated carbocycles. The van der Waals surface area contributed by atoms with E-state index in [9.17, 15) is 9.59 Å². The molecule has 2 aliphatic heterocycles. The molecule has 0 amide bonds. The second-order valence-electron chi connectivity index (χ2n) is 12.9. The highest BCUT2D eigenvalue weighted by molar-refractivity contribution is 7.66. The summed E-state index contributed by atoms with van der Waals surface area (Å²) >= 11 is 0. The van der Waals surface area contributed by atoms with Crippen molar-refractivity contribution in [1.82, 2.24) is 9.47 Å². The van der Waals surface area contributed by atoms with Crippen LogP contribution in [0.4, 0.5) is 10.1 Å². The predicted molar refractivity (Wildman–Crippen MR) is 193 cm³/mol. The van der Waals surface area contributed by atoms with Crippen molar-refractivity contribution >= 4 is 39.3 Å². The molecular weight excluding hydrogens is 671 g/mol. The van der Waals surface area contributed by atoms with Gasteiger partial charge in [0.1, 0.15) is 11.3 Å². The van der Waals surface area contributed by atoms with Gasteiger partial charge in [-0.1, -0.05) is 0 Å². The van der Waals surface area contributed by atoms with Crippen molar-refractivity contribution in [3.8, 4) is 5.75 Å². The van der Waals surface area contributed by atoms with Crippen molar-refractivity contribution in [2.75, 3.05) is 71.7 Å². The topological polar surface area (TPSA) is 101 Å². The van der Waals surface area contributed by atoms with Crippen LogP contribution in [0.25, 0.3) is 10.9 Å². The Morgan fingerprint density at radius 1 is 0.980 bits per heavy atom. The Hall–Kier alpha value is -1.91. The third kappa shape index (κ3) is 8.77. The third-order valence-corrected chi connectivity index (χ3v) is 14.2. The van der Waals surface area contributed by atoms with Crippen molar-refractivity contribution < 1.29 is 36.8 Å². The Morgan fingerprint density at radius 3 is 2.20 bits per heavy atom. The molecule has 14 heteroatoms. The van der Waals surface area contributed by atoms with E-state index in [4.69, 9.17) is 27.6 Å². The maximum Gasteiger partial charge on any atom is 0.343 e. The lowest BCUT2D eigenvalue weighted by atomic mass is 9.93. The van der Waals surface area contributed by atoms with Gasteiger partial charge in [0.25, 0.3) is 0 Å². The zero-order chi connectivity index (χ0) is 35.1. The Morgan fingerprint density at radius 2 is 1.63 bits per heavy atom. The molecule has 1 aromatic heterocycles. The summed E-state index contributed by atoms with van der Waals surface area (Å²) < 4.78 is 53.5.